The van der Waals surface area contributed by atoms with E-state index in [-0.39, 0.29) is 0 Å². The first-order valence-electron chi connectivity index (χ1n) is 5.15. The molecule has 2 heteroatoms. The summed E-state index contributed by atoms with van der Waals surface area (Å²) < 4.78 is 0. The predicted molar refractivity (Wildman–Crippen MR) is 62.8 cm³/mol. The fraction of sp³-hybridized carbons (Fsp3) is 0.500. The van der Waals surface area contributed by atoms with Crippen molar-refractivity contribution in [3.63, 3.8) is 0 Å². The minimum atomic E-state index is 0.311. The molecule has 0 bridgehead atoms. The monoisotopic (exact) mass is 207 g/mol. The van der Waals surface area contributed by atoms with Crippen LogP contribution in [0.4, 0.5) is 0 Å². The maximum atomic E-state index is 5.89. The van der Waals surface area contributed by atoms with Crippen LogP contribution in [0.25, 0.3) is 0 Å². The van der Waals surface area contributed by atoms with Crippen LogP contribution in [-0.2, 0) is 5.41 Å². The predicted octanol–water partition coefficient (Wildman–Crippen LogP) is 2.79. The molecule has 1 saturated carbocycles. The van der Waals surface area contributed by atoms with Gasteiger partial charge in [-0.3, -0.25) is 0 Å². The second kappa shape index (κ2) is 3.95. The Morgan fingerprint density at radius 2 is 2.21 bits per heavy atom. The maximum Gasteiger partial charge on any atom is 0.00759 e. The Hall–Kier alpha value is -0.470. The van der Waals surface area contributed by atoms with E-state index in [4.69, 9.17) is 5.73 Å². The van der Waals surface area contributed by atoms with Crippen molar-refractivity contribution in [2.75, 3.05) is 12.8 Å². The van der Waals surface area contributed by atoms with Crippen molar-refractivity contribution in [1.29, 1.82) is 0 Å². The van der Waals surface area contributed by atoms with Gasteiger partial charge in [-0.1, -0.05) is 18.6 Å². The van der Waals surface area contributed by atoms with E-state index in [2.05, 4.69) is 30.5 Å². The third kappa shape index (κ3) is 1.57. The summed E-state index contributed by atoms with van der Waals surface area (Å²) in [6, 6.07) is 8.84. The average molecular weight is 207 g/mol. The normalized spacial score (nSPS) is 19.0. The van der Waals surface area contributed by atoms with Gasteiger partial charge in [0.05, 0.1) is 0 Å². The molecule has 1 aromatic rings. The Bertz CT molecular complexity index is 312. The average Bonchev–Trinajstić information content (AvgIpc) is 2.18. The zero-order chi connectivity index (χ0) is 10.0. The summed E-state index contributed by atoms with van der Waals surface area (Å²) in [7, 11) is 0. The molecule has 0 aliphatic heterocycles. The van der Waals surface area contributed by atoms with Gasteiger partial charge in [-0.25, -0.2) is 0 Å². The van der Waals surface area contributed by atoms with Gasteiger partial charge in [0, 0.05) is 16.9 Å². The van der Waals surface area contributed by atoms with Crippen molar-refractivity contribution in [1.82, 2.24) is 0 Å². The van der Waals surface area contributed by atoms with Crippen molar-refractivity contribution in [3.05, 3.63) is 29.8 Å². The van der Waals surface area contributed by atoms with Gasteiger partial charge in [-0.2, -0.15) is 0 Å². The minimum absolute atomic E-state index is 0.311. The first-order valence-corrected chi connectivity index (χ1v) is 6.38. The van der Waals surface area contributed by atoms with Crippen LogP contribution in [0, 0.1) is 0 Å². The molecule has 1 aliphatic rings. The lowest BCUT2D eigenvalue weighted by atomic mass is 9.64. The van der Waals surface area contributed by atoms with E-state index in [9.17, 15) is 0 Å². The van der Waals surface area contributed by atoms with E-state index in [1.165, 1.54) is 29.7 Å². The number of hydrogen-bond donors (Lipinski definition) is 1. The highest BCUT2D eigenvalue weighted by Gasteiger charge is 2.37. The second-order valence-electron chi connectivity index (χ2n) is 4.07. The molecular weight excluding hydrogens is 190 g/mol. The summed E-state index contributed by atoms with van der Waals surface area (Å²) in [5.41, 5.74) is 7.64. The molecular formula is C12H17NS. The van der Waals surface area contributed by atoms with Crippen molar-refractivity contribution >= 4 is 11.8 Å². The van der Waals surface area contributed by atoms with E-state index in [0.717, 1.165) is 6.54 Å². The summed E-state index contributed by atoms with van der Waals surface area (Å²) in [5.74, 6) is 0. The summed E-state index contributed by atoms with van der Waals surface area (Å²) in [6.07, 6.45) is 5.98. The number of nitrogens with two attached hydrogens (primary N) is 1. The zero-order valence-electron chi connectivity index (χ0n) is 8.62. The lowest BCUT2D eigenvalue weighted by molar-refractivity contribution is 0.252. The fourth-order valence-electron chi connectivity index (χ4n) is 2.17. The van der Waals surface area contributed by atoms with E-state index in [1.807, 2.05) is 0 Å². The Balaban J connectivity index is 2.30. The van der Waals surface area contributed by atoms with Crippen LogP contribution in [0.5, 0.6) is 0 Å². The summed E-state index contributed by atoms with van der Waals surface area (Å²) in [5, 5.41) is 0. The number of benzene rings is 1. The SMILES string of the molecule is CSc1cccc(C2(CN)CCC2)c1. The van der Waals surface area contributed by atoms with Gasteiger partial charge in [0.25, 0.3) is 0 Å². The van der Waals surface area contributed by atoms with Crippen LogP contribution < -0.4 is 5.73 Å². The van der Waals surface area contributed by atoms with E-state index in [0.29, 0.717) is 5.41 Å². The van der Waals surface area contributed by atoms with Gasteiger partial charge < -0.3 is 5.73 Å². The van der Waals surface area contributed by atoms with Crippen LogP contribution in [0.3, 0.4) is 0 Å². The molecule has 76 valence electrons. The lowest BCUT2D eigenvalue weighted by Gasteiger charge is -2.41. The van der Waals surface area contributed by atoms with Crippen molar-refractivity contribution < 1.29 is 0 Å². The van der Waals surface area contributed by atoms with Crippen molar-refractivity contribution in [2.45, 2.75) is 29.6 Å². The molecule has 0 spiro atoms. The highest BCUT2D eigenvalue weighted by molar-refractivity contribution is 7.98. The first kappa shape index (κ1) is 10.1. The topological polar surface area (TPSA) is 26.0 Å². The van der Waals surface area contributed by atoms with Crippen molar-refractivity contribution in [2.24, 2.45) is 5.73 Å². The smallest absolute Gasteiger partial charge is 0.00759 e. The zero-order valence-corrected chi connectivity index (χ0v) is 9.44. The molecule has 0 saturated heterocycles. The highest BCUT2D eigenvalue weighted by atomic mass is 32.2. The van der Waals surface area contributed by atoms with Crippen LogP contribution in [-0.4, -0.2) is 12.8 Å². The molecule has 0 unspecified atom stereocenters. The highest BCUT2D eigenvalue weighted by Crippen LogP contribution is 2.43. The molecule has 0 atom stereocenters. The van der Waals surface area contributed by atoms with Gasteiger partial charge in [0.2, 0.25) is 0 Å². The Labute approximate surface area is 90.1 Å². The summed E-state index contributed by atoms with van der Waals surface area (Å²) in [4.78, 5) is 1.35. The molecule has 1 aromatic carbocycles. The van der Waals surface area contributed by atoms with Crippen LogP contribution in [0.1, 0.15) is 24.8 Å². The Morgan fingerprint density at radius 1 is 1.43 bits per heavy atom. The van der Waals surface area contributed by atoms with E-state index >= 15 is 0 Å². The minimum Gasteiger partial charge on any atom is -0.330 e. The summed E-state index contributed by atoms with van der Waals surface area (Å²) in [6.45, 7) is 0.796. The first-order chi connectivity index (χ1) is 6.80. The number of hydrogen-bond acceptors (Lipinski definition) is 2. The molecule has 1 aliphatic carbocycles. The third-order valence-corrected chi connectivity index (χ3v) is 4.11. The van der Waals surface area contributed by atoms with Crippen LogP contribution in [0.15, 0.2) is 29.2 Å². The van der Waals surface area contributed by atoms with Crippen LogP contribution >= 0.6 is 11.8 Å². The molecule has 0 radical (unpaired) electrons. The number of thioether (sulfide) groups is 1. The van der Waals surface area contributed by atoms with Gasteiger partial charge in [0.15, 0.2) is 0 Å². The molecule has 1 fully saturated rings. The Kier molecular flexibility index (Phi) is 2.84. The van der Waals surface area contributed by atoms with E-state index in [1.54, 1.807) is 11.8 Å². The van der Waals surface area contributed by atoms with Gasteiger partial charge in [-0.05, 0) is 36.8 Å². The molecule has 0 amide bonds. The van der Waals surface area contributed by atoms with E-state index < -0.39 is 0 Å². The quantitative estimate of drug-likeness (QED) is 0.771. The molecule has 1 nitrogen and oxygen atoms in total. The molecule has 2 rings (SSSR count). The molecule has 2 N–H and O–H groups in total. The molecule has 14 heavy (non-hydrogen) atoms. The maximum absolute atomic E-state index is 5.89. The lowest BCUT2D eigenvalue weighted by Crippen LogP contribution is -2.41. The van der Waals surface area contributed by atoms with Gasteiger partial charge >= 0.3 is 0 Å². The standard InChI is InChI=1S/C12H17NS/c1-14-11-5-2-4-10(8-11)12(9-13)6-3-7-12/h2,4-5,8H,3,6-7,9,13H2,1H3. The van der Waals surface area contributed by atoms with Crippen LogP contribution in [0.2, 0.25) is 0 Å². The number of rotatable bonds is 3. The largest absolute Gasteiger partial charge is 0.330 e. The van der Waals surface area contributed by atoms with Gasteiger partial charge in [-0.15, -0.1) is 11.8 Å². The Morgan fingerprint density at radius 3 is 2.71 bits per heavy atom. The summed E-state index contributed by atoms with van der Waals surface area (Å²) >= 11 is 1.80. The fourth-order valence-corrected chi connectivity index (χ4v) is 2.63. The molecule has 0 aromatic heterocycles. The van der Waals surface area contributed by atoms with Crippen molar-refractivity contribution in [3.8, 4) is 0 Å². The third-order valence-electron chi connectivity index (χ3n) is 3.38. The molecule has 0 heterocycles. The van der Waals surface area contributed by atoms with Gasteiger partial charge in [0.1, 0.15) is 0 Å². The second-order valence-corrected chi connectivity index (χ2v) is 4.95.